The highest BCUT2D eigenvalue weighted by atomic mass is 32.2. The molecule has 1 aromatic carbocycles. The van der Waals surface area contributed by atoms with Gasteiger partial charge in [-0.3, -0.25) is 14.4 Å². The number of hydrogen-bond acceptors (Lipinski definition) is 7. The number of benzene rings is 1. The molecule has 2 aromatic heterocycles. The summed E-state index contributed by atoms with van der Waals surface area (Å²) in [7, 11) is 0. The number of rotatable bonds is 7. The lowest BCUT2D eigenvalue weighted by Gasteiger charge is -2.18. The summed E-state index contributed by atoms with van der Waals surface area (Å²) in [5.41, 5.74) is 2.91. The first-order chi connectivity index (χ1) is 16.7. The van der Waals surface area contributed by atoms with E-state index in [2.05, 4.69) is 15.6 Å². The van der Waals surface area contributed by atoms with Crippen molar-refractivity contribution in [1.29, 1.82) is 0 Å². The number of aromatic nitrogens is 2. The fraction of sp³-hybridized carbons (Fsp3) is 0.440. The Labute approximate surface area is 212 Å². The van der Waals surface area contributed by atoms with Crippen LogP contribution in [0.3, 0.4) is 0 Å². The van der Waals surface area contributed by atoms with Crippen molar-refractivity contribution < 1.29 is 9.59 Å². The molecule has 1 fully saturated rings. The first-order valence-electron chi connectivity index (χ1n) is 11.9. The monoisotopic (exact) mass is 513 g/mol. The van der Waals surface area contributed by atoms with E-state index in [4.69, 9.17) is 5.84 Å². The van der Waals surface area contributed by atoms with Gasteiger partial charge in [0.2, 0.25) is 5.91 Å². The highest BCUT2D eigenvalue weighted by Crippen LogP contribution is 2.31. The van der Waals surface area contributed by atoms with Gasteiger partial charge in [-0.25, -0.2) is 9.66 Å². The molecule has 2 heterocycles. The Morgan fingerprint density at radius 3 is 2.63 bits per heavy atom. The third kappa shape index (κ3) is 5.23. The van der Waals surface area contributed by atoms with Crippen molar-refractivity contribution in [2.45, 2.75) is 76.2 Å². The fourth-order valence-corrected chi connectivity index (χ4v) is 6.48. The van der Waals surface area contributed by atoms with Crippen molar-refractivity contribution in [1.82, 2.24) is 15.0 Å². The zero-order chi connectivity index (χ0) is 25.3. The van der Waals surface area contributed by atoms with Gasteiger partial charge < -0.3 is 16.5 Å². The molecule has 1 aliphatic carbocycles. The summed E-state index contributed by atoms with van der Waals surface area (Å²) in [6.45, 7) is 7.59. The van der Waals surface area contributed by atoms with Crippen molar-refractivity contribution in [2.75, 3.05) is 11.2 Å². The maximum absolute atomic E-state index is 13.1. The van der Waals surface area contributed by atoms with E-state index >= 15 is 0 Å². The number of aryl methyl sites for hydroxylation is 3. The van der Waals surface area contributed by atoms with Crippen LogP contribution < -0.4 is 22.0 Å². The van der Waals surface area contributed by atoms with Crippen LogP contribution in [0, 0.1) is 20.8 Å². The van der Waals surface area contributed by atoms with Crippen LogP contribution >= 0.6 is 23.1 Å². The summed E-state index contributed by atoms with van der Waals surface area (Å²) >= 11 is 2.35. The molecule has 1 atom stereocenters. The molecule has 10 heteroatoms. The maximum atomic E-state index is 13.1. The van der Waals surface area contributed by atoms with Gasteiger partial charge in [-0.15, -0.1) is 11.3 Å². The molecule has 3 aromatic rings. The van der Waals surface area contributed by atoms with Crippen LogP contribution in [0.25, 0.3) is 10.2 Å². The first kappa shape index (κ1) is 25.2. The van der Waals surface area contributed by atoms with Gasteiger partial charge in [-0.1, -0.05) is 49.2 Å². The van der Waals surface area contributed by atoms with Crippen molar-refractivity contribution in [3.05, 3.63) is 50.1 Å². The normalized spacial score (nSPS) is 14.9. The van der Waals surface area contributed by atoms with Crippen molar-refractivity contribution in [3.63, 3.8) is 0 Å². The van der Waals surface area contributed by atoms with E-state index in [0.717, 1.165) is 58.5 Å². The van der Waals surface area contributed by atoms with E-state index in [1.165, 1.54) is 11.8 Å². The maximum Gasteiger partial charge on any atom is 0.281 e. The standard InChI is InChI=1S/C25H31N5O3S2/c1-5-18(21(31)27-16-8-6-7-9-16)34-25-29-23-19(24(33)30(25)26)15(4)20(35-23)22(32)28-17-11-10-13(2)12-14(17)3/h10-12,16,18H,5-9,26H2,1-4H3,(H,27,31)(H,28,32)/t18-/m1/s1. The van der Waals surface area contributed by atoms with Crippen LogP contribution in [-0.2, 0) is 4.79 Å². The van der Waals surface area contributed by atoms with Crippen LogP contribution in [0.5, 0.6) is 0 Å². The van der Waals surface area contributed by atoms with E-state index in [0.29, 0.717) is 27.1 Å². The molecule has 1 aliphatic rings. The van der Waals surface area contributed by atoms with Gasteiger partial charge in [-0.05, 0) is 57.2 Å². The minimum atomic E-state index is -0.428. The van der Waals surface area contributed by atoms with Gasteiger partial charge in [0.05, 0.1) is 15.5 Å². The number of nitrogens with one attached hydrogen (secondary N) is 2. The predicted molar refractivity (Wildman–Crippen MR) is 143 cm³/mol. The highest BCUT2D eigenvalue weighted by Gasteiger charge is 2.27. The lowest BCUT2D eigenvalue weighted by molar-refractivity contribution is -0.121. The number of thioether (sulfide) groups is 1. The number of nitrogens with two attached hydrogens (primary N) is 1. The summed E-state index contributed by atoms with van der Waals surface area (Å²) in [6, 6.07) is 6.02. The fourth-order valence-electron chi connectivity index (χ4n) is 4.42. The third-order valence-electron chi connectivity index (χ3n) is 6.41. The molecular weight excluding hydrogens is 482 g/mol. The SMILES string of the molecule is CC[C@@H](Sc1nc2sc(C(=O)Nc3ccc(C)cc3C)c(C)c2c(=O)n1N)C(=O)NC1CCCC1. The molecule has 186 valence electrons. The third-order valence-corrected chi connectivity index (χ3v) is 8.93. The van der Waals surface area contributed by atoms with E-state index in [1.807, 2.05) is 39.0 Å². The molecular formula is C25H31N5O3S2. The van der Waals surface area contributed by atoms with Crippen LogP contribution in [0.1, 0.15) is 65.4 Å². The summed E-state index contributed by atoms with van der Waals surface area (Å²) in [5, 5.41) is 6.23. The average molecular weight is 514 g/mol. The van der Waals surface area contributed by atoms with E-state index in [1.54, 1.807) is 6.92 Å². The lowest BCUT2D eigenvalue weighted by atomic mass is 10.1. The summed E-state index contributed by atoms with van der Waals surface area (Å²) in [4.78, 5) is 44.5. The van der Waals surface area contributed by atoms with Crippen molar-refractivity contribution in [2.24, 2.45) is 0 Å². The quantitative estimate of drug-likeness (QED) is 0.246. The van der Waals surface area contributed by atoms with Gasteiger partial charge >= 0.3 is 0 Å². The van der Waals surface area contributed by atoms with Crippen molar-refractivity contribution in [3.8, 4) is 0 Å². The molecule has 0 aliphatic heterocycles. The van der Waals surface area contributed by atoms with Crippen LogP contribution in [0.15, 0.2) is 28.2 Å². The first-order valence-corrected chi connectivity index (χ1v) is 13.6. The Bertz CT molecular complexity index is 1340. The smallest absolute Gasteiger partial charge is 0.281 e. The van der Waals surface area contributed by atoms with E-state index in [9.17, 15) is 14.4 Å². The number of nitrogens with zero attached hydrogens (tertiary/aromatic N) is 2. The molecule has 2 amide bonds. The predicted octanol–water partition coefficient (Wildman–Crippen LogP) is 4.28. The number of carbonyl (C=O) groups excluding carboxylic acids is 2. The van der Waals surface area contributed by atoms with Crippen LogP contribution in [-0.4, -0.2) is 32.8 Å². The Balaban J connectivity index is 1.61. The average Bonchev–Trinajstić information content (AvgIpc) is 3.44. The number of nitrogen functional groups attached to an aromatic ring is 1. The molecule has 0 unspecified atom stereocenters. The van der Waals surface area contributed by atoms with Crippen LogP contribution in [0.4, 0.5) is 5.69 Å². The largest absolute Gasteiger partial charge is 0.352 e. The zero-order valence-electron chi connectivity index (χ0n) is 20.4. The Morgan fingerprint density at radius 1 is 1.26 bits per heavy atom. The van der Waals surface area contributed by atoms with Gasteiger partial charge in [0.15, 0.2) is 5.16 Å². The van der Waals surface area contributed by atoms with Gasteiger partial charge in [0.1, 0.15) is 4.83 Å². The molecule has 8 nitrogen and oxygen atoms in total. The van der Waals surface area contributed by atoms with E-state index in [-0.39, 0.29) is 23.0 Å². The second-order valence-corrected chi connectivity index (χ2v) is 11.3. The molecule has 35 heavy (non-hydrogen) atoms. The number of fused-ring (bicyclic) bond motifs is 1. The summed E-state index contributed by atoms with van der Waals surface area (Å²) in [6.07, 6.45) is 4.84. The number of hydrogen-bond donors (Lipinski definition) is 3. The topological polar surface area (TPSA) is 119 Å². The number of thiophene rings is 1. The number of amides is 2. The molecule has 0 radical (unpaired) electrons. The van der Waals surface area contributed by atoms with Gasteiger partial charge in [0, 0.05) is 11.7 Å². The Morgan fingerprint density at radius 2 is 1.97 bits per heavy atom. The zero-order valence-corrected chi connectivity index (χ0v) is 22.1. The second-order valence-electron chi connectivity index (χ2n) is 9.08. The minimum Gasteiger partial charge on any atom is -0.352 e. The summed E-state index contributed by atoms with van der Waals surface area (Å²) in [5.74, 6) is 5.77. The minimum absolute atomic E-state index is 0.0605. The number of carbonyl (C=O) groups is 2. The molecule has 0 bridgehead atoms. The molecule has 1 saturated carbocycles. The second kappa shape index (κ2) is 10.4. The molecule has 0 saturated heterocycles. The van der Waals surface area contributed by atoms with Gasteiger partial charge in [0.25, 0.3) is 11.5 Å². The van der Waals surface area contributed by atoms with E-state index < -0.39 is 10.8 Å². The van der Waals surface area contributed by atoms with Crippen LogP contribution in [0.2, 0.25) is 0 Å². The number of anilines is 1. The van der Waals surface area contributed by atoms with Crippen molar-refractivity contribution >= 4 is 50.8 Å². The molecule has 0 spiro atoms. The molecule has 4 N–H and O–H groups in total. The highest BCUT2D eigenvalue weighted by molar-refractivity contribution is 8.00. The Hall–Kier alpha value is -2.85. The van der Waals surface area contributed by atoms with Gasteiger partial charge in [-0.2, -0.15) is 0 Å². The lowest BCUT2D eigenvalue weighted by Crippen LogP contribution is -2.39. The molecule has 4 rings (SSSR count). The Kier molecular flexibility index (Phi) is 7.51. The summed E-state index contributed by atoms with van der Waals surface area (Å²) < 4.78 is 0.990.